The zero-order valence-electron chi connectivity index (χ0n) is 10.7. The molecule has 1 fully saturated rings. The van der Waals surface area contributed by atoms with E-state index in [-0.39, 0.29) is 18.5 Å². The molecule has 0 saturated carbocycles. The SMILES string of the molecule is C[C@H](CO)Nc1cc(I)c(F)c(N2CCOCC2)n1. The maximum absolute atomic E-state index is 14.2. The van der Waals surface area contributed by atoms with Crippen LogP contribution in [0.15, 0.2) is 6.07 Å². The van der Waals surface area contributed by atoms with Crippen LogP contribution in [0.5, 0.6) is 0 Å². The third-order valence-electron chi connectivity index (χ3n) is 2.87. The van der Waals surface area contributed by atoms with Gasteiger partial charge in [0, 0.05) is 19.1 Å². The number of ether oxygens (including phenoxy) is 1. The maximum atomic E-state index is 14.2. The minimum absolute atomic E-state index is 0.00250. The van der Waals surface area contributed by atoms with Crippen LogP contribution in [0.4, 0.5) is 16.0 Å². The van der Waals surface area contributed by atoms with Gasteiger partial charge < -0.3 is 20.1 Å². The molecule has 0 amide bonds. The van der Waals surface area contributed by atoms with E-state index in [4.69, 9.17) is 9.84 Å². The molecule has 1 saturated heterocycles. The van der Waals surface area contributed by atoms with E-state index in [1.807, 2.05) is 34.4 Å². The third-order valence-corrected chi connectivity index (χ3v) is 3.66. The highest BCUT2D eigenvalue weighted by atomic mass is 127. The van der Waals surface area contributed by atoms with Gasteiger partial charge >= 0.3 is 0 Å². The Kier molecular flexibility index (Phi) is 5.17. The number of nitrogens with one attached hydrogen (secondary N) is 1. The number of pyridine rings is 1. The maximum Gasteiger partial charge on any atom is 0.179 e. The lowest BCUT2D eigenvalue weighted by Crippen LogP contribution is -2.37. The van der Waals surface area contributed by atoms with Crippen LogP contribution in [-0.4, -0.2) is 49.0 Å². The number of morpholine rings is 1. The highest BCUT2D eigenvalue weighted by molar-refractivity contribution is 14.1. The molecule has 1 aromatic rings. The van der Waals surface area contributed by atoms with Gasteiger partial charge in [0.2, 0.25) is 0 Å². The Morgan fingerprint density at radius 2 is 2.26 bits per heavy atom. The van der Waals surface area contributed by atoms with E-state index in [9.17, 15) is 4.39 Å². The normalized spacial score (nSPS) is 17.4. The second kappa shape index (κ2) is 6.67. The molecule has 0 unspecified atom stereocenters. The summed E-state index contributed by atoms with van der Waals surface area (Å²) >= 11 is 1.96. The molecule has 5 nitrogen and oxygen atoms in total. The molecule has 0 aliphatic carbocycles. The Morgan fingerprint density at radius 3 is 2.89 bits per heavy atom. The van der Waals surface area contributed by atoms with E-state index in [1.54, 1.807) is 6.07 Å². The van der Waals surface area contributed by atoms with Gasteiger partial charge in [0.1, 0.15) is 5.82 Å². The molecular formula is C12H17FIN3O2. The number of hydrogen-bond donors (Lipinski definition) is 2. The van der Waals surface area contributed by atoms with Crippen LogP contribution in [0, 0.1) is 9.39 Å². The topological polar surface area (TPSA) is 57.6 Å². The average molecular weight is 381 g/mol. The van der Waals surface area contributed by atoms with Crippen LogP contribution in [0.25, 0.3) is 0 Å². The van der Waals surface area contributed by atoms with Crippen molar-refractivity contribution >= 4 is 34.2 Å². The van der Waals surface area contributed by atoms with Crippen molar-refractivity contribution in [3.8, 4) is 0 Å². The van der Waals surface area contributed by atoms with Gasteiger partial charge in [-0.25, -0.2) is 9.37 Å². The Labute approximate surface area is 125 Å². The van der Waals surface area contributed by atoms with Gasteiger partial charge in [0.25, 0.3) is 0 Å². The predicted octanol–water partition coefficient (Wildman–Crippen LogP) is 1.45. The van der Waals surface area contributed by atoms with Gasteiger partial charge in [-0.3, -0.25) is 0 Å². The van der Waals surface area contributed by atoms with Crippen molar-refractivity contribution in [2.24, 2.45) is 0 Å². The van der Waals surface area contributed by atoms with Gasteiger partial charge in [0.05, 0.1) is 23.4 Å². The fourth-order valence-corrected chi connectivity index (χ4v) is 2.38. The average Bonchev–Trinajstić information content (AvgIpc) is 2.43. The lowest BCUT2D eigenvalue weighted by atomic mass is 10.3. The van der Waals surface area contributed by atoms with Crippen molar-refractivity contribution in [3.63, 3.8) is 0 Å². The molecule has 0 aromatic carbocycles. The highest BCUT2D eigenvalue weighted by Gasteiger charge is 2.20. The third kappa shape index (κ3) is 3.67. The minimum Gasteiger partial charge on any atom is -0.394 e. The molecule has 0 radical (unpaired) electrons. The number of aliphatic hydroxyl groups is 1. The van der Waals surface area contributed by atoms with Crippen molar-refractivity contribution in [3.05, 3.63) is 15.5 Å². The molecule has 0 bridgehead atoms. The number of rotatable bonds is 4. The molecule has 0 spiro atoms. The quantitative estimate of drug-likeness (QED) is 0.774. The summed E-state index contributed by atoms with van der Waals surface area (Å²) in [5.41, 5.74) is 0. The summed E-state index contributed by atoms with van der Waals surface area (Å²) in [5.74, 6) is 0.626. The standard InChI is InChI=1S/C12H17FIN3O2/c1-8(7-18)15-10-6-9(14)11(13)12(16-10)17-2-4-19-5-3-17/h6,8,18H,2-5,7H2,1H3,(H,15,16)/t8-/m1/s1. The van der Waals surface area contributed by atoms with Crippen molar-refractivity contribution in [2.45, 2.75) is 13.0 Å². The number of halogens is 2. The second-order valence-corrected chi connectivity index (χ2v) is 5.62. The Hall–Kier alpha value is -0.670. The Bertz CT molecular complexity index is 441. The summed E-state index contributed by atoms with van der Waals surface area (Å²) in [7, 11) is 0. The summed E-state index contributed by atoms with van der Waals surface area (Å²) in [6, 6.07) is 1.53. The number of nitrogens with zero attached hydrogens (tertiary/aromatic N) is 2. The summed E-state index contributed by atoms with van der Waals surface area (Å²) in [6.07, 6.45) is 0. The van der Waals surface area contributed by atoms with E-state index in [2.05, 4.69) is 10.3 Å². The van der Waals surface area contributed by atoms with Crippen LogP contribution in [0.3, 0.4) is 0 Å². The first kappa shape index (κ1) is 14.7. The number of hydrogen-bond acceptors (Lipinski definition) is 5. The van der Waals surface area contributed by atoms with E-state index in [0.717, 1.165) is 0 Å². The number of anilines is 2. The Morgan fingerprint density at radius 1 is 1.58 bits per heavy atom. The van der Waals surface area contributed by atoms with Gasteiger partial charge in [-0.15, -0.1) is 0 Å². The fraction of sp³-hybridized carbons (Fsp3) is 0.583. The first-order valence-electron chi connectivity index (χ1n) is 6.18. The first-order chi connectivity index (χ1) is 9.11. The second-order valence-electron chi connectivity index (χ2n) is 4.45. The lowest BCUT2D eigenvalue weighted by molar-refractivity contribution is 0.122. The van der Waals surface area contributed by atoms with Gasteiger partial charge in [-0.1, -0.05) is 0 Å². The van der Waals surface area contributed by atoms with Crippen molar-refractivity contribution < 1.29 is 14.2 Å². The summed E-state index contributed by atoms with van der Waals surface area (Å²) in [6.45, 7) is 4.29. The molecule has 1 aliphatic heterocycles. The smallest absolute Gasteiger partial charge is 0.179 e. The molecule has 2 heterocycles. The zero-order chi connectivity index (χ0) is 13.8. The van der Waals surface area contributed by atoms with Crippen LogP contribution < -0.4 is 10.2 Å². The van der Waals surface area contributed by atoms with Crippen LogP contribution >= 0.6 is 22.6 Å². The summed E-state index contributed by atoms with van der Waals surface area (Å²) in [4.78, 5) is 6.20. The van der Waals surface area contributed by atoms with Crippen molar-refractivity contribution in [2.75, 3.05) is 43.1 Å². The van der Waals surface area contributed by atoms with Crippen LogP contribution in [0.2, 0.25) is 0 Å². The van der Waals surface area contributed by atoms with Gasteiger partial charge in [-0.2, -0.15) is 0 Å². The van der Waals surface area contributed by atoms with E-state index in [0.29, 0.717) is 41.5 Å². The summed E-state index contributed by atoms with van der Waals surface area (Å²) < 4.78 is 19.9. The molecule has 7 heteroatoms. The van der Waals surface area contributed by atoms with Gasteiger partial charge in [-0.05, 0) is 35.6 Å². The number of aromatic nitrogens is 1. The molecule has 19 heavy (non-hydrogen) atoms. The molecule has 1 aromatic heterocycles. The largest absolute Gasteiger partial charge is 0.394 e. The molecule has 2 rings (SSSR count). The van der Waals surface area contributed by atoms with Gasteiger partial charge in [0.15, 0.2) is 11.6 Å². The predicted molar refractivity (Wildman–Crippen MR) is 80.1 cm³/mol. The highest BCUT2D eigenvalue weighted by Crippen LogP contribution is 2.25. The van der Waals surface area contributed by atoms with Crippen molar-refractivity contribution in [1.82, 2.24) is 4.98 Å². The number of aliphatic hydroxyl groups excluding tert-OH is 1. The fourth-order valence-electron chi connectivity index (χ4n) is 1.84. The monoisotopic (exact) mass is 381 g/mol. The van der Waals surface area contributed by atoms with Crippen molar-refractivity contribution in [1.29, 1.82) is 0 Å². The van der Waals surface area contributed by atoms with E-state index < -0.39 is 0 Å². The van der Waals surface area contributed by atoms with Crippen LogP contribution in [0.1, 0.15) is 6.92 Å². The van der Waals surface area contributed by atoms with Crippen LogP contribution in [-0.2, 0) is 4.74 Å². The molecular weight excluding hydrogens is 364 g/mol. The molecule has 1 atom stereocenters. The molecule has 1 aliphatic rings. The lowest BCUT2D eigenvalue weighted by Gasteiger charge is -2.28. The zero-order valence-corrected chi connectivity index (χ0v) is 12.9. The molecule has 2 N–H and O–H groups in total. The Balaban J connectivity index is 2.25. The van der Waals surface area contributed by atoms with E-state index >= 15 is 0 Å². The molecule has 106 valence electrons. The summed E-state index contributed by atoms with van der Waals surface area (Å²) in [5, 5.41) is 12.1. The minimum atomic E-state index is -0.301. The first-order valence-corrected chi connectivity index (χ1v) is 7.26. The van der Waals surface area contributed by atoms with E-state index in [1.165, 1.54) is 0 Å².